The van der Waals surface area contributed by atoms with Crippen LogP contribution in [0.4, 0.5) is 0 Å². The topological polar surface area (TPSA) is 65.1 Å². The largest absolute Gasteiger partial charge is 0.405 e. The summed E-state index contributed by atoms with van der Waals surface area (Å²) in [6, 6.07) is -0.329. The van der Waals surface area contributed by atoms with Gasteiger partial charge in [0.1, 0.15) is 12.4 Å². The molecule has 2 saturated heterocycles. The molecule has 2 aliphatic heterocycles. The second kappa shape index (κ2) is 7.70. The van der Waals surface area contributed by atoms with Crippen molar-refractivity contribution in [3.05, 3.63) is 0 Å². The summed E-state index contributed by atoms with van der Waals surface area (Å²) in [6.45, 7) is 15.6. The molecule has 2 aliphatic rings. The highest BCUT2D eigenvalue weighted by molar-refractivity contribution is 6.74. The average molecular weight is 386 g/mol. The molecule has 26 heavy (non-hydrogen) atoms. The van der Waals surface area contributed by atoms with E-state index < -0.39 is 20.2 Å². The molecular formula is C19H35NO5Si. The SMILES string of the molecule is CC1(C)OC[C@@H](C[C@@H](O[Si](C)(C)C(C)(C)C)C(=O)N2CCC[C@H]2C=O)O1. The summed E-state index contributed by atoms with van der Waals surface area (Å²) in [6.07, 6.45) is 2.15. The lowest BCUT2D eigenvalue weighted by molar-refractivity contribution is -0.150. The summed E-state index contributed by atoms with van der Waals surface area (Å²) in [4.78, 5) is 26.3. The number of hydrogen-bond donors (Lipinski definition) is 0. The van der Waals surface area contributed by atoms with E-state index >= 15 is 0 Å². The van der Waals surface area contributed by atoms with Crippen molar-refractivity contribution in [2.24, 2.45) is 0 Å². The highest BCUT2D eigenvalue weighted by atomic mass is 28.4. The molecule has 3 atom stereocenters. The fourth-order valence-electron chi connectivity index (χ4n) is 3.24. The van der Waals surface area contributed by atoms with E-state index in [0.29, 0.717) is 19.6 Å². The first kappa shape index (κ1) is 21.5. The van der Waals surface area contributed by atoms with E-state index in [0.717, 1.165) is 19.1 Å². The molecule has 0 aliphatic carbocycles. The van der Waals surface area contributed by atoms with Gasteiger partial charge in [-0.25, -0.2) is 0 Å². The van der Waals surface area contributed by atoms with Crippen molar-refractivity contribution in [1.29, 1.82) is 0 Å². The Kier molecular flexibility index (Phi) is 6.37. The summed E-state index contributed by atoms with van der Waals surface area (Å²) in [5.74, 6) is -0.716. The number of carbonyl (C=O) groups excluding carboxylic acids is 2. The van der Waals surface area contributed by atoms with E-state index in [-0.39, 0.29) is 23.1 Å². The van der Waals surface area contributed by atoms with Crippen LogP contribution in [0.25, 0.3) is 0 Å². The Bertz CT molecular complexity index is 529. The van der Waals surface area contributed by atoms with Crippen molar-refractivity contribution in [2.75, 3.05) is 13.2 Å². The van der Waals surface area contributed by atoms with E-state index in [2.05, 4.69) is 33.9 Å². The third-order valence-electron chi connectivity index (χ3n) is 5.80. The lowest BCUT2D eigenvalue weighted by atomic mass is 10.1. The number of aldehydes is 1. The molecule has 150 valence electrons. The minimum atomic E-state index is -2.15. The fourth-order valence-corrected chi connectivity index (χ4v) is 4.50. The lowest BCUT2D eigenvalue weighted by Gasteiger charge is -2.40. The maximum absolute atomic E-state index is 13.2. The van der Waals surface area contributed by atoms with Crippen LogP contribution in [-0.4, -0.2) is 62.6 Å². The first-order valence-electron chi connectivity index (χ1n) is 9.62. The summed E-state index contributed by atoms with van der Waals surface area (Å²) < 4.78 is 18.1. The number of carbonyl (C=O) groups is 2. The van der Waals surface area contributed by atoms with Crippen molar-refractivity contribution in [3.63, 3.8) is 0 Å². The predicted molar refractivity (Wildman–Crippen MR) is 102 cm³/mol. The van der Waals surface area contributed by atoms with Gasteiger partial charge in [0.15, 0.2) is 14.1 Å². The van der Waals surface area contributed by atoms with Crippen LogP contribution in [0.1, 0.15) is 53.9 Å². The molecule has 7 heteroatoms. The Morgan fingerprint density at radius 3 is 2.54 bits per heavy atom. The Morgan fingerprint density at radius 2 is 2.04 bits per heavy atom. The second-order valence-electron chi connectivity index (χ2n) is 9.43. The van der Waals surface area contributed by atoms with Crippen molar-refractivity contribution < 1.29 is 23.5 Å². The van der Waals surface area contributed by atoms with Crippen molar-refractivity contribution in [3.8, 4) is 0 Å². The molecular weight excluding hydrogens is 350 g/mol. The third-order valence-corrected chi connectivity index (χ3v) is 10.3. The van der Waals surface area contributed by atoms with Crippen molar-refractivity contribution in [1.82, 2.24) is 4.90 Å². The van der Waals surface area contributed by atoms with E-state index in [1.807, 2.05) is 13.8 Å². The maximum Gasteiger partial charge on any atom is 0.251 e. The summed E-state index contributed by atoms with van der Waals surface area (Å²) >= 11 is 0. The summed E-state index contributed by atoms with van der Waals surface area (Å²) in [7, 11) is -2.15. The highest BCUT2D eigenvalue weighted by Crippen LogP contribution is 2.38. The van der Waals surface area contributed by atoms with Crippen molar-refractivity contribution in [2.45, 2.75) is 96.1 Å². The molecule has 0 N–H and O–H groups in total. The molecule has 2 fully saturated rings. The highest BCUT2D eigenvalue weighted by Gasteiger charge is 2.45. The van der Waals surface area contributed by atoms with Gasteiger partial charge in [-0.3, -0.25) is 4.79 Å². The van der Waals surface area contributed by atoms with Crippen LogP contribution in [0.2, 0.25) is 18.1 Å². The van der Waals surface area contributed by atoms with Gasteiger partial charge in [-0.2, -0.15) is 0 Å². The zero-order chi connectivity index (χ0) is 19.8. The van der Waals surface area contributed by atoms with Crippen LogP contribution in [0.5, 0.6) is 0 Å². The van der Waals surface area contributed by atoms with Crippen molar-refractivity contribution >= 4 is 20.5 Å². The zero-order valence-electron chi connectivity index (χ0n) is 17.3. The number of amides is 1. The van der Waals surface area contributed by atoms with Crippen LogP contribution in [0.3, 0.4) is 0 Å². The molecule has 1 amide bonds. The summed E-state index contributed by atoms with van der Waals surface area (Å²) in [5.41, 5.74) is 0. The van der Waals surface area contributed by atoms with Crippen LogP contribution >= 0.6 is 0 Å². The molecule has 2 heterocycles. The standard InChI is InChI=1S/C19H35NO5Si/c1-18(2,3)26(6,7)25-16(11-15-13-23-19(4,5)24-15)17(22)20-10-8-9-14(20)12-21/h12,14-16H,8-11,13H2,1-7H3/t14-,15+,16+/m0/s1. The van der Waals surface area contributed by atoms with E-state index in [4.69, 9.17) is 13.9 Å². The average Bonchev–Trinajstić information content (AvgIpc) is 3.10. The van der Waals surface area contributed by atoms with Gasteiger partial charge in [0, 0.05) is 13.0 Å². The number of ether oxygens (including phenoxy) is 2. The molecule has 0 spiro atoms. The van der Waals surface area contributed by atoms with E-state index in [1.165, 1.54) is 0 Å². The quantitative estimate of drug-likeness (QED) is 0.519. The monoisotopic (exact) mass is 385 g/mol. The van der Waals surface area contributed by atoms with Gasteiger partial charge in [-0.1, -0.05) is 20.8 Å². The number of nitrogens with zero attached hydrogens (tertiary/aromatic N) is 1. The lowest BCUT2D eigenvalue weighted by Crippen LogP contribution is -2.51. The molecule has 6 nitrogen and oxygen atoms in total. The minimum absolute atomic E-state index is 0.00704. The summed E-state index contributed by atoms with van der Waals surface area (Å²) in [5, 5.41) is -0.00704. The third kappa shape index (κ3) is 4.94. The normalized spacial score (nSPS) is 27.6. The second-order valence-corrected chi connectivity index (χ2v) is 14.2. The van der Waals surface area contributed by atoms with Gasteiger partial charge in [-0.05, 0) is 44.8 Å². The Labute approximate surface area is 158 Å². The van der Waals surface area contributed by atoms with Gasteiger partial charge in [0.25, 0.3) is 5.91 Å². The Balaban J connectivity index is 2.18. The minimum Gasteiger partial charge on any atom is -0.405 e. The number of hydrogen-bond acceptors (Lipinski definition) is 5. The molecule has 2 rings (SSSR count). The zero-order valence-corrected chi connectivity index (χ0v) is 18.3. The van der Waals surface area contributed by atoms with E-state index in [9.17, 15) is 9.59 Å². The van der Waals surface area contributed by atoms with Crippen LogP contribution in [0.15, 0.2) is 0 Å². The number of likely N-dealkylation sites (tertiary alicyclic amines) is 1. The molecule has 0 bridgehead atoms. The molecule has 0 aromatic carbocycles. The van der Waals surface area contributed by atoms with Gasteiger partial charge in [0.2, 0.25) is 0 Å². The van der Waals surface area contributed by atoms with Crippen LogP contribution in [-0.2, 0) is 23.5 Å². The van der Waals surface area contributed by atoms with Gasteiger partial charge in [0.05, 0.1) is 18.8 Å². The fraction of sp³-hybridized carbons (Fsp3) is 0.895. The Morgan fingerprint density at radius 1 is 1.38 bits per heavy atom. The predicted octanol–water partition coefficient (Wildman–Crippen LogP) is 3.11. The van der Waals surface area contributed by atoms with Crippen LogP contribution < -0.4 is 0 Å². The molecule has 0 aromatic rings. The van der Waals surface area contributed by atoms with Gasteiger partial charge >= 0.3 is 0 Å². The molecule has 0 saturated carbocycles. The van der Waals surface area contributed by atoms with E-state index in [1.54, 1.807) is 4.90 Å². The number of rotatable bonds is 6. The van der Waals surface area contributed by atoms with Gasteiger partial charge < -0.3 is 23.6 Å². The molecule has 0 unspecified atom stereocenters. The van der Waals surface area contributed by atoms with Gasteiger partial charge in [-0.15, -0.1) is 0 Å². The smallest absolute Gasteiger partial charge is 0.251 e. The first-order chi connectivity index (χ1) is 11.9. The first-order valence-corrected chi connectivity index (χ1v) is 12.5. The molecule has 0 aromatic heterocycles. The Hall–Kier alpha value is -0.763. The molecule has 0 radical (unpaired) electrons. The van der Waals surface area contributed by atoms with Crippen LogP contribution in [0, 0.1) is 0 Å². The maximum atomic E-state index is 13.2.